The van der Waals surface area contributed by atoms with Crippen LogP contribution >= 0.6 is 11.8 Å². The van der Waals surface area contributed by atoms with Gasteiger partial charge in [-0.1, -0.05) is 30.0 Å². The monoisotopic (exact) mass is 343 g/mol. The second-order valence-corrected chi connectivity index (χ2v) is 7.35. The van der Waals surface area contributed by atoms with Crippen LogP contribution in [0.3, 0.4) is 0 Å². The molecule has 1 aromatic carbocycles. The van der Waals surface area contributed by atoms with E-state index in [0.29, 0.717) is 17.8 Å². The first-order valence-electron chi connectivity index (χ1n) is 8.52. The summed E-state index contributed by atoms with van der Waals surface area (Å²) < 4.78 is 5.29. The molecule has 3 rings (SSSR count). The average Bonchev–Trinajstić information content (AvgIpc) is 2.63. The zero-order valence-electron chi connectivity index (χ0n) is 14.1. The highest BCUT2D eigenvalue weighted by Crippen LogP contribution is 2.34. The molecule has 1 fully saturated rings. The number of pyridine rings is 1. The molecule has 0 unspecified atom stereocenters. The summed E-state index contributed by atoms with van der Waals surface area (Å²) >= 11 is 1.66. The number of anilines is 1. The van der Waals surface area contributed by atoms with Crippen LogP contribution in [0.5, 0.6) is 5.88 Å². The maximum atomic E-state index is 6.00. The maximum absolute atomic E-state index is 6.00. The number of methoxy groups -OCH3 is 1. The lowest BCUT2D eigenvalue weighted by Gasteiger charge is -2.26. The minimum atomic E-state index is 0.396. The second kappa shape index (κ2) is 8.40. The summed E-state index contributed by atoms with van der Waals surface area (Å²) in [4.78, 5) is 5.79. The number of ether oxygens (including phenoxy) is 1. The molecule has 0 aliphatic heterocycles. The van der Waals surface area contributed by atoms with Crippen molar-refractivity contribution in [3.05, 3.63) is 42.5 Å². The highest BCUT2D eigenvalue weighted by molar-refractivity contribution is 7.99. The molecule has 5 heteroatoms. The number of nitrogens with two attached hydrogens (primary N) is 1. The topological polar surface area (TPSA) is 60.2 Å². The Hall–Kier alpha value is -1.72. The smallest absolute Gasteiger partial charge is 0.214 e. The number of hydrogen-bond acceptors (Lipinski definition) is 5. The summed E-state index contributed by atoms with van der Waals surface area (Å²) in [6.45, 7) is 0.975. The second-order valence-electron chi connectivity index (χ2n) is 6.28. The molecule has 0 radical (unpaired) electrons. The summed E-state index contributed by atoms with van der Waals surface area (Å²) in [5, 5.41) is 4.54. The Kier molecular flexibility index (Phi) is 5.99. The molecule has 2 aromatic rings. The van der Waals surface area contributed by atoms with Crippen LogP contribution in [0.15, 0.2) is 52.4 Å². The van der Waals surface area contributed by atoms with Crippen LogP contribution < -0.4 is 15.8 Å². The fourth-order valence-electron chi connectivity index (χ4n) is 3.00. The summed E-state index contributed by atoms with van der Waals surface area (Å²) in [7, 11) is 1.65. The molecular formula is C19H25N3OS. The van der Waals surface area contributed by atoms with E-state index in [2.05, 4.69) is 28.5 Å². The molecule has 1 heterocycles. The largest absolute Gasteiger partial charge is 0.481 e. The molecule has 3 N–H and O–H groups in total. The Labute approximate surface area is 148 Å². The lowest BCUT2D eigenvalue weighted by atomic mass is 9.86. The lowest BCUT2D eigenvalue weighted by Crippen LogP contribution is -2.29. The summed E-state index contributed by atoms with van der Waals surface area (Å²) in [6, 6.07) is 14.7. The molecule has 1 saturated carbocycles. The van der Waals surface area contributed by atoms with E-state index in [9.17, 15) is 0 Å². The standard InChI is InChI=1S/C19H25N3OS/c1-23-18-12-11-17(21-13-14-7-9-15(20)10-8-14)19(22-18)24-16-5-3-2-4-6-16/h2-6,11-12,14-15,21H,7-10,13,20H2,1H3. The Bertz CT molecular complexity index is 642. The lowest BCUT2D eigenvalue weighted by molar-refractivity contribution is 0.338. The van der Waals surface area contributed by atoms with E-state index in [1.54, 1.807) is 18.9 Å². The van der Waals surface area contributed by atoms with Gasteiger partial charge in [-0.25, -0.2) is 4.98 Å². The van der Waals surface area contributed by atoms with Crippen LogP contribution in [0.1, 0.15) is 25.7 Å². The first-order valence-corrected chi connectivity index (χ1v) is 9.33. The van der Waals surface area contributed by atoms with E-state index < -0.39 is 0 Å². The molecule has 24 heavy (non-hydrogen) atoms. The molecule has 0 atom stereocenters. The van der Waals surface area contributed by atoms with Crippen molar-refractivity contribution in [2.45, 2.75) is 41.6 Å². The van der Waals surface area contributed by atoms with Gasteiger partial charge in [0.05, 0.1) is 12.8 Å². The van der Waals surface area contributed by atoms with Gasteiger partial charge in [-0.3, -0.25) is 0 Å². The van der Waals surface area contributed by atoms with Gasteiger partial charge in [-0.2, -0.15) is 0 Å². The molecule has 1 aliphatic rings. The molecule has 0 bridgehead atoms. The zero-order valence-corrected chi connectivity index (χ0v) is 14.9. The van der Waals surface area contributed by atoms with Crippen LogP contribution in [-0.4, -0.2) is 24.7 Å². The SMILES string of the molecule is COc1ccc(NCC2CCC(N)CC2)c(Sc2ccccc2)n1. The average molecular weight is 343 g/mol. The molecule has 1 aromatic heterocycles. The molecule has 0 saturated heterocycles. The van der Waals surface area contributed by atoms with Gasteiger partial charge in [0.15, 0.2) is 0 Å². The number of benzene rings is 1. The molecular weight excluding hydrogens is 318 g/mol. The Balaban J connectivity index is 1.69. The molecule has 4 nitrogen and oxygen atoms in total. The zero-order chi connectivity index (χ0) is 16.8. The van der Waals surface area contributed by atoms with Crippen LogP contribution in [0.4, 0.5) is 5.69 Å². The fraction of sp³-hybridized carbons (Fsp3) is 0.421. The van der Waals surface area contributed by atoms with Gasteiger partial charge in [-0.05, 0) is 49.8 Å². The molecule has 128 valence electrons. The van der Waals surface area contributed by atoms with Crippen LogP contribution in [0, 0.1) is 5.92 Å². The number of aromatic nitrogens is 1. The predicted octanol–water partition coefficient (Wildman–Crippen LogP) is 4.17. The van der Waals surface area contributed by atoms with E-state index in [1.165, 1.54) is 17.7 Å². The predicted molar refractivity (Wildman–Crippen MR) is 99.8 cm³/mol. The van der Waals surface area contributed by atoms with E-state index >= 15 is 0 Å². The van der Waals surface area contributed by atoms with E-state index in [1.807, 2.05) is 24.3 Å². The number of nitrogens with zero attached hydrogens (tertiary/aromatic N) is 1. The number of nitrogens with one attached hydrogen (secondary N) is 1. The van der Waals surface area contributed by atoms with Crippen molar-refractivity contribution in [1.29, 1.82) is 0 Å². The van der Waals surface area contributed by atoms with Crippen LogP contribution in [0.2, 0.25) is 0 Å². The van der Waals surface area contributed by atoms with Gasteiger partial charge < -0.3 is 15.8 Å². The van der Waals surface area contributed by atoms with Gasteiger partial charge in [0, 0.05) is 23.5 Å². The first-order chi connectivity index (χ1) is 11.7. The highest BCUT2D eigenvalue weighted by atomic mass is 32.2. The minimum absolute atomic E-state index is 0.396. The van der Waals surface area contributed by atoms with Crippen molar-refractivity contribution in [3.8, 4) is 5.88 Å². The van der Waals surface area contributed by atoms with Crippen LogP contribution in [0.25, 0.3) is 0 Å². The quantitative estimate of drug-likeness (QED) is 0.824. The number of rotatable bonds is 6. The fourth-order valence-corrected chi connectivity index (χ4v) is 3.90. The summed E-state index contributed by atoms with van der Waals surface area (Å²) in [5.41, 5.74) is 7.07. The number of hydrogen-bond donors (Lipinski definition) is 2. The van der Waals surface area contributed by atoms with Gasteiger partial charge in [0.1, 0.15) is 5.03 Å². The summed E-state index contributed by atoms with van der Waals surface area (Å²) in [6.07, 6.45) is 4.69. The van der Waals surface area contributed by atoms with E-state index in [-0.39, 0.29) is 0 Å². The molecule has 0 amide bonds. The maximum Gasteiger partial charge on any atom is 0.214 e. The van der Waals surface area contributed by atoms with Gasteiger partial charge >= 0.3 is 0 Å². The molecule has 0 spiro atoms. The third-order valence-electron chi connectivity index (χ3n) is 4.47. The van der Waals surface area contributed by atoms with Crippen molar-refractivity contribution < 1.29 is 4.74 Å². The first kappa shape index (κ1) is 17.1. The highest BCUT2D eigenvalue weighted by Gasteiger charge is 2.19. The minimum Gasteiger partial charge on any atom is -0.481 e. The van der Waals surface area contributed by atoms with E-state index in [0.717, 1.165) is 30.1 Å². The van der Waals surface area contributed by atoms with Gasteiger partial charge in [0.25, 0.3) is 0 Å². The normalized spacial score (nSPS) is 20.6. The van der Waals surface area contributed by atoms with Crippen molar-refractivity contribution >= 4 is 17.4 Å². The van der Waals surface area contributed by atoms with E-state index in [4.69, 9.17) is 10.5 Å². The van der Waals surface area contributed by atoms with Gasteiger partial charge in [-0.15, -0.1) is 0 Å². The van der Waals surface area contributed by atoms with Crippen molar-refractivity contribution in [3.63, 3.8) is 0 Å². The van der Waals surface area contributed by atoms with Crippen LogP contribution in [-0.2, 0) is 0 Å². The van der Waals surface area contributed by atoms with Crippen molar-refractivity contribution in [2.75, 3.05) is 19.0 Å². The third-order valence-corrected chi connectivity index (χ3v) is 5.49. The summed E-state index contributed by atoms with van der Waals surface area (Å²) in [5.74, 6) is 1.34. The van der Waals surface area contributed by atoms with Crippen molar-refractivity contribution in [1.82, 2.24) is 4.98 Å². The van der Waals surface area contributed by atoms with Gasteiger partial charge in [0.2, 0.25) is 5.88 Å². The van der Waals surface area contributed by atoms with Crippen molar-refractivity contribution in [2.24, 2.45) is 11.7 Å². The Morgan fingerprint density at radius 1 is 1.12 bits per heavy atom. The Morgan fingerprint density at radius 2 is 1.88 bits per heavy atom. The molecule has 1 aliphatic carbocycles. The Morgan fingerprint density at radius 3 is 2.58 bits per heavy atom. The third kappa shape index (κ3) is 4.65.